The molecule has 0 saturated heterocycles. The van der Waals surface area contributed by atoms with Gasteiger partial charge < -0.3 is 15.4 Å². The van der Waals surface area contributed by atoms with E-state index in [1.807, 2.05) is 44.2 Å². The molecule has 0 spiro atoms. The molecule has 6 nitrogen and oxygen atoms in total. The predicted molar refractivity (Wildman–Crippen MR) is 108 cm³/mol. The fourth-order valence-corrected chi connectivity index (χ4v) is 3.26. The number of carbonyl (C=O) groups excluding carboxylic acids is 3. The number of carbonyl (C=O) groups is 3. The van der Waals surface area contributed by atoms with Gasteiger partial charge in [-0.1, -0.05) is 44.2 Å². The van der Waals surface area contributed by atoms with Gasteiger partial charge in [-0.3, -0.25) is 14.4 Å². The van der Waals surface area contributed by atoms with Crippen molar-refractivity contribution in [3.8, 4) is 0 Å². The van der Waals surface area contributed by atoms with E-state index >= 15 is 0 Å². The summed E-state index contributed by atoms with van der Waals surface area (Å²) in [6, 6.07) is 8.80. The Hall–Kier alpha value is -2.02. The van der Waals surface area contributed by atoms with Crippen LogP contribution in [-0.2, 0) is 25.5 Å². The Bertz CT molecular complexity index is 622. The van der Waals surface area contributed by atoms with Crippen LogP contribution in [-0.4, -0.2) is 43.2 Å². The van der Waals surface area contributed by atoms with E-state index in [2.05, 4.69) is 28.0 Å². The summed E-state index contributed by atoms with van der Waals surface area (Å²) < 4.78 is 4.69. The van der Waals surface area contributed by atoms with E-state index in [1.54, 1.807) is 0 Å². The number of likely N-dealkylation sites (N-methyl/N-ethyl adjacent to an activating group) is 1. The van der Waals surface area contributed by atoms with Crippen molar-refractivity contribution in [1.29, 1.82) is 0 Å². The summed E-state index contributed by atoms with van der Waals surface area (Å²) in [6.45, 7) is 4.00. The molecule has 150 valence electrons. The van der Waals surface area contributed by atoms with E-state index < -0.39 is 23.2 Å². The van der Waals surface area contributed by atoms with Crippen LogP contribution in [0.15, 0.2) is 30.3 Å². The number of hydrogen-bond donors (Lipinski definition) is 3. The molecule has 0 aliphatic carbocycles. The standard InChI is InChI=1S/C20H30N2O4S/c1-13(2)10-15(17(27)12-18(23)26-4)19(24)22-16(20(25)21-3)11-14-8-6-5-7-9-14/h5-9,13,15-17,27H,10-12H2,1-4H3,(H,21,25)(H,22,24)/t15?,16-,17?/m0/s1. The van der Waals surface area contributed by atoms with Crippen LogP contribution in [0, 0.1) is 11.8 Å². The Morgan fingerprint density at radius 1 is 1.11 bits per heavy atom. The highest BCUT2D eigenvalue weighted by Gasteiger charge is 2.31. The number of benzene rings is 1. The highest BCUT2D eigenvalue weighted by Crippen LogP contribution is 2.23. The van der Waals surface area contributed by atoms with Gasteiger partial charge in [-0.05, 0) is 17.9 Å². The Morgan fingerprint density at radius 3 is 2.26 bits per heavy atom. The molecule has 27 heavy (non-hydrogen) atoms. The Labute approximate surface area is 166 Å². The van der Waals surface area contributed by atoms with Gasteiger partial charge in [0.05, 0.1) is 19.4 Å². The van der Waals surface area contributed by atoms with E-state index in [0.29, 0.717) is 12.8 Å². The van der Waals surface area contributed by atoms with Crippen LogP contribution in [0.4, 0.5) is 0 Å². The Morgan fingerprint density at radius 2 is 1.74 bits per heavy atom. The molecule has 0 bridgehead atoms. The first kappa shape index (κ1) is 23.0. The average Bonchev–Trinajstić information content (AvgIpc) is 2.65. The lowest BCUT2D eigenvalue weighted by Gasteiger charge is -2.26. The van der Waals surface area contributed by atoms with Crippen molar-refractivity contribution in [3.63, 3.8) is 0 Å². The maximum absolute atomic E-state index is 12.9. The minimum atomic E-state index is -0.696. The zero-order valence-corrected chi connectivity index (χ0v) is 17.3. The monoisotopic (exact) mass is 394 g/mol. The van der Waals surface area contributed by atoms with Crippen LogP contribution >= 0.6 is 12.6 Å². The first-order chi connectivity index (χ1) is 12.8. The molecule has 0 aliphatic rings. The molecule has 7 heteroatoms. The first-order valence-corrected chi connectivity index (χ1v) is 9.60. The van der Waals surface area contributed by atoms with Gasteiger partial charge in [-0.15, -0.1) is 0 Å². The third kappa shape index (κ3) is 8.03. The topological polar surface area (TPSA) is 84.5 Å². The zero-order chi connectivity index (χ0) is 20.4. The summed E-state index contributed by atoms with van der Waals surface area (Å²) in [4.78, 5) is 36.8. The van der Waals surface area contributed by atoms with Crippen molar-refractivity contribution in [2.75, 3.05) is 14.2 Å². The Balaban J connectivity index is 2.92. The van der Waals surface area contributed by atoms with E-state index in [0.717, 1.165) is 5.56 Å². The van der Waals surface area contributed by atoms with Crippen molar-refractivity contribution < 1.29 is 19.1 Å². The molecule has 1 rings (SSSR count). The van der Waals surface area contributed by atoms with Crippen molar-refractivity contribution in [2.24, 2.45) is 11.8 Å². The van der Waals surface area contributed by atoms with Crippen LogP contribution in [0.1, 0.15) is 32.3 Å². The minimum Gasteiger partial charge on any atom is -0.469 e. The van der Waals surface area contributed by atoms with Crippen LogP contribution in [0.5, 0.6) is 0 Å². The number of amides is 2. The van der Waals surface area contributed by atoms with Gasteiger partial charge in [0, 0.05) is 18.7 Å². The maximum Gasteiger partial charge on any atom is 0.306 e. The lowest BCUT2D eigenvalue weighted by Crippen LogP contribution is -2.50. The average molecular weight is 395 g/mol. The number of esters is 1. The summed E-state index contributed by atoms with van der Waals surface area (Å²) in [5.41, 5.74) is 0.948. The quantitative estimate of drug-likeness (QED) is 0.419. The van der Waals surface area contributed by atoms with Crippen LogP contribution < -0.4 is 10.6 Å². The molecule has 3 atom stereocenters. The number of nitrogens with one attached hydrogen (secondary N) is 2. The first-order valence-electron chi connectivity index (χ1n) is 9.09. The molecule has 2 amide bonds. The second-order valence-corrected chi connectivity index (χ2v) is 7.61. The molecule has 2 unspecified atom stereocenters. The predicted octanol–water partition coefficient (Wildman–Crippen LogP) is 1.98. The van der Waals surface area contributed by atoms with Gasteiger partial charge in [0.2, 0.25) is 11.8 Å². The highest BCUT2D eigenvalue weighted by molar-refractivity contribution is 7.81. The summed E-state index contributed by atoms with van der Waals surface area (Å²) in [6.07, 6.45) is 0.978. The molecule has 2 N–H and O–H groups in total. The van der Waals surface area contributed by atoms with E-state index in [4.69, 9.17) is 0 Å². The highest BCUT2D eigenvalue weighted by atomic mass is 32.1. The van der Waals surface area contributed by atoms with Gasteiger partial charge in [0.1, 0.15) is 6.04 Å². The molecule has 1 aromatic rings. The molecular formula is C20H30N2O4S. The molecule has 0 saturated carbocycles. The minimum absolute atomic E-state index is 0.0355. The molecular weight excluding hydrogens is 364 g/mol. The lowest BCUT2D eigenvalue weighted by atomic mass is 9.91. The third-order valence-corrected chi connectivity index (χ3v) is 4.83. The van der Waals surface area contributed by atoms with E-state index in [9.17, 15) is 14.4 Å². The third-order valence-electron chi connectivity index (χ3n) is 4.29. The van der Waals surface area contributed by atoms with Crippen molar-refractivity contribution >= 4 is 30.4 Å². The summed E-state index contributed by atoms with van der Waals surface area (Å²) >= 11 is 4.47. The summed E-state index contributed by atoms with van der Waals surface area (Å²) in [7, 11) is 2.85. The van der Waals surface area contributed by atoms with Gasteiger partial charge in [-0.25, -0.2) is 0 Å². The van der Waals surface area contributed by atoms with Gasteiger partial charge in [-0.2, -0.15) is 12.6 Å². The summed E-state index contributed by atoms with van der Waals surface area (Å²) in [5, 5.41) is 4.95. The molecule has 0 fully saturated rings. The molecule has 0 aromatic heterocycles. The van der Waals surface area contributed by atoms with Crippen molar-refractivity contribution in [1.82, 2.24) is 10.6 Å². The molecule has 0 aliphatic heterocycles. The Kier molecular flexibility index (Phi) is 9.93. The smallest absolute Gasteiger partial charge is 0.306 e. The van der Waals surface area contributed by atoms with Crippen molar-refractivity contribution in [3.05, 3.63) is 35.9 Å². The van der Waals surface area contributed by atoms with Gasteiger partial charge in [0.15, 0.2) is 0 Å². The van der Waals surface area contributed by atoms with E-state index in [1.165, 1.54) is 14.2 Å². The molecule has 0 radical (unpaired) electrons. The number of ether oxygens (including phenoxy) is 1. The summed E-state index contributed by atoms with van der Waals surface area (Å²) in [5.74, 6) is -1.23. The van der Waals surface area contributed by atoms with Crippen LogP contribution in [0.3, 0.4) is 0 Å². The number of methoxy groups -OCH3 is 1. The fraction of sp³-hybridized carbons (Fsp3) is 0.550. The molecule has 1 aromatic carbocycles. The largest absolute Gasteiger partial charge is 0.469 e. The van der Waals surface area contributed by atoms with Gasteiger partial charge >= 0.3 is 5.97 Å². The fourth-order valence-electron chi connectivity index (χ4n) is 2.86. The number of hydrogen-bond acceptors (Lipinski definition) is 5. The molecule has 0 heterocycles. The number of rotatable bonds is 10. The lowest BCUT2D eigenvalue weighted by molar-refractivity contribution is -0.141. The second kappa shape index (κ2) is 11.6. The second-order valence-electron chi connectivity index (χ2n) is 6.95. The normalized spacial score (nSPS) is 14.1. The number of thiol groups is 1. The van der Waals surface area contributed by atoms with Gasteiger partial charge in [0.25, 0.3) is 0 Å². The van der Waals surface area contributed by atoms with Crippen molar-refractivity contribution in [2.45, 2.75) is 44.4 Å². The maximum atomic E-state index is 12.9. The van der Waals surface area contributed by atoms with E-state index in [-0.39, 0.29) is 24.2 Å². The zero-order valence-electron chi connectivity index (χ0n) is 16.4. The van der Waals surface area contributed by atoms with Crippen LogP contribution in [0.25, 0.3) is 0 Å². The SMILES string of the molecule is CNC(=O)[C@H](Cc1ccccc1)NC(=O)C(CC(C)C)C(S)CC(=O)OC. The van der Waals surface area contributed by atoms with Crippen LogP contribution in [0.2, 0.25) is 0 Å².